The fourth-order valence-corrected chi connectivity index (χ4v) is 3.63. The van der Waals surface area contributed by atoms with Crippen LogP contribution in [0.5, 0.6) is 0 Å². The Bertz CT molecular complexity index is 1090. The van der Waals surface area contributed by atoms with Crippen LogP contribution in [0.3, 0.4) is 0 Å². The second-order valence-electron chi connectivity index (χ2n) is 6.30. The van der Waals surface area contributed by atoms with Crippen LogP contribution in [-0.2, 0) is 18.7 Å². The summed E-state index contributed by atoms with van der Waals surface area (Å²) in [6.07, 6.45) is 6.32. The molecule has 0 saturated heterocycles. The average molecular weight is 404 g/mol. The Labute approximate surface area is 172 Å². The van der Waals surface area contributed by atoms with Crippen molar-refractivity contribution in [1.29, 1.82) is 0 Å². The van der Waals surface area contributed by atoms with Gasteiger partial charge in [-0.25, -0.2) is 0 Å². The molecule has 0 amide bonds. The van der Waals surface area contributed by atoms with Crippen LogP contribution >= 0.6 is 11.8 Å². The molecule has 3 heterocycles. The lowest BCUT2D eigenvalue weighted by molar-refractivity contribution is 0.391. The summed E-state index contributed by atoms with van der Waals surface area (Å²) in [5.41, 5.74) is 3.12. The lowest BCUT2D eigenvalue weighted by Gasteiger charge is -2.06. The van der Waals surface area contributed by atoms with Gasteiger partial charge >= 0.3 is 0 Å². The number of benzene rings is 1. The van der Waals surface area contributed by atoms with Gasteiger partial charge in [-0.1, -0.05) is 54.2 Å². The van der Waals surface area contributed by atoms with Crippen LogP contribution in [-0.4, -0.2) is 29.9 Å². The highest BCUT2D eigenvalue weighted by Crippen LogP contribution is 2.26. The van der Waals surface area contributed by atoms with Gasteiger partial charge in [0.2, 0.25) is 11.7 Å². The van der Waals surface area contributed by atoms with Crippen LogP contribution in [0, 0.1) is 0 Å². The van der Waals surface area contributed by atoms with E-state index in [-0.39, 0.29) is 0 Å². The monoisotopic (exact) mass is 404 g/mol. The van der Waals surface area contributed by atoms with Gasteiger partial charge in [-0.15, -0.1) is 16.8 Å². The Morgan fingerprint density at radius 3 is 2.72 bits per heavy atom. The minimum absolute atomic E-state index is 0.502. The Kier molecular flexibility index (Phi) is 5.81. The lowest BCUT2D eigenvalue weighted by atomic mass is 10.1. The zero-order valence-electron chi connectivity index (χ0n) is 16.0. The number of pyridine rings is 1. The van der Waals surface area contributed by atoms with Gasteiger partial charge in [-0.05, 0) is 24.1 Å². The summed E-state index contributed by atoms with van der Waals surface area (Å²) in [5, 5.41) is 13.5. The number of hydrogen-bond donors (Lipinski definition) is 0. The molecule has 4 rings (SSSR count). The number of aromatic nitrogens is 6. The molecule has 1 aromatic carbocycles. The SMILES string of the molecule is C=CCn1c(SCc2nc(-c3ccc(CC)cc3)no2)nnc1-c1cccnc1. The fourth-order valence-electron chi connectivity index (χ4n) is 2.84. The van der Waals surface area contributed by atoms with Gasteiger partial charge in [0.05, 0.1) is 5.75 Å². The van der Waals surface area contributed by atoms with Gasteiger partial charge in [-0.2, -0.15) is 4.98 Å². The second kappa shape index (κ2) is 8.83. The molecule has 3 aromatic heterocycles. The van der Waals surface area contributed by atoms with Crippen LogP contribution in [0.1, 0.15) is 18.4 Å². The molecule has 0 aliphatic rings. The van der Waals surface area contributed by atoms with Crippen molar-refractivity contribution in [3.05, 3.63) is 72.9 Å². The van der Waals surface area contributed by atoms with E-state index in [0.29, 0.717) is 24.0 Å². The first kappa shape index (κ1) is 19.1. The molecule has 7 nitrogen and oxygen atoms in total. The molecule has 0 spiro atoms. The Hall–Kier alpha value is -3.26. The molecular formula is C21H20N6OS. The van der Waals surface area contributed by atoms with Crippen LogP contribution < -0.4 is 0 Å². The molecule has 4 aromatic rings. The first-order valence-electron chi connectivity index (χ1n) is 9.27. The molecule has 0 radical (unpaired) electrons. The van der Waals surface area contributed by atoms with E-state index < -0.39 is 0 Å². The summed E-state index contributed by atoms with van der Waals surface area (Å²) in [5.74, 6) is 2.39. The zero-order chi connectivity index (χ0) is 20.1. The summed E-state index contributed by atoms with van der Waals surface area (Å²) < 4.78 is 7.41. The molecule has 29 heavy (non-hydrogen) atoms. The molecule has 0 aliphatic carbocycles. The maximum absolute atomic E-state index is 5.42. The smallest absolute Gasteiger partial charge is 0.237 e. The lowest BCUT2D eigenvalue weighted by Crippen LogP contribution is -2.01. The van der Waals surface area contributed by atoms with Crippen LogP contribution in [0.15, 0.2) is 71.1 Å². The van der Waals surface area contributed by atoms with Gasteiger partial charge in [0, 0.05) is 30.1 Å². The van der Waals surface area contributed by atoms with E-state index >= 15 is 0 Å². The van der Waals surface area contributed by atoms with Gasteiger partial charge in [-0.3, -0.25) is 9.55 Å². The van der Waals surface area contributed by atoms with Gasteiger partial charge in [0.25, 0.3) is 0 Å². The van der Waals surface area contributed by atoms with Crippen molar-refractivity contribution in [1.82, 2.24) is 29.9 Å². The molecule has 0 fully saturated rings. The Balaban J connectivity index is 1.50. The normalized spacial score (nSPS) is 10.9. The van der Waals surface area contributed by atoms with Crippen LogP contribution in [0.2, 0.25) is 0 Å². The summed E-state index contributed by atoms with van der Waals surface area (Å²) >= 11 is 1.50. The molecular weight excluding hydrogens is 384 g/mol. The van der Waals surface area contributed by atoms with Crippen molar-refractivity contribution in [3.8, 4) is 22.8 Å². The number of hydrogen-bond acceptors (Lipinski definition) is 7. The van der Waals surface area contributed by atoms with E-state index in [0.717, 1.165) is 28.5 Å². The van der Waals surface area contributed by atoms with Gasteiger partial charge in [0.1, 0.15) is 0 Å². The van der Waals surface area contributed by atoms with Gasteiger partial charge in [0.15, 0.2) is 11.0 Å². The number of aryl methyl sites for hydroxylation is 1. The van der Waals surface area contributed by atoms with Gasteiger partial charge < -0.3 is 4.52 Å². The molecule has 0 aliphatic heterocycles. The van der Waals surface area contributed by atoms with Crippen molar-refractivity contribution < 1.29 is 4.52 Å². The van der Waals surface area contributed by atoms with E-state index in [1.807, 2.05) is 34.9 Å². The van der Waals surface area contributed by atoms with Crippen molar-refractivity contribution in [3.63, 3.8) is 0 Å². The Morgan fingerprint density at radius 1 is 1.14 bits per heavy atom. The highest BCUT2D eigenvalue weighted by molar-refractivity contribution is 7.98. The molecule has 0 saturated carbocycles. The molecule has 0 atom stereocenters. The zero-order valence-corrected chi connectivity index (χ0v) is 16.8. The van der Waals surface area contributed by atoms with Crippen LogP contribution in [0.25, 0.3) is 22.8 Å². The number of nitrogens with zero attached hydrogens (tertiary/aromatic N) is 6. The summed E-state index contributed by atoms with van der Waals surface area (Å²) in [7, 11) is 0. The molecule has 0 unspecified atom stereocenters. The highest BCUT2D eigenvalue weighted by atomic mass is 32.2. The third-order valence-electron chi connectivity index (χ3n) is 4.36. The highest BCUT2D eigenvalue weighted by Gasteiger charge is 2.16. The topological polar surface area (TPSA) is 82.5 Å². The minimum atomic E-state index is 0.502. The minimum Gasteiger partial charge on any atom is -0.338 e. The third-order valence-corrected chi connectivity index (χ3v) is 5.31. The van der Waals surface area contributed by atoms with Crippen molar-refractivity contribution in [2.24, 2.45) is 0 Å². The maximum Gasteiger partial charge on any atom is 0.237 e. The number of rotatable bonds is 8. The summed E-state index contributed by atoms with van der Waals surface area (Å²) in [6.45, 7) is 6.56. The molecule has 0 N–H and O–H groups in total. The quantitative estimate of drug-likeness (QED) is 0.317. The van der Waals surface area contributed by atoms with Crippen molar-refractivity contribution in [2.45, 2.75) is 30.8 Å². The van der Waals surface area contributed by atoms with E-state index in [1.165, 1.54) is 17.3 Å². The molecule has 8 heteroatoms. The third kappa shape index (κ3) is 4.27. The van der Waals surface area contributed by atoms with Crippen molar-refractivity contribution >= 4 is 11.8 Å². The summed E-state index contributed by atoms with van der Waals surface area (Å²) in [6, 6.07) is 12.0. The fraction of sp³-hybridized carbons (Fsp3) is 0.190. The van der Waals surface area contributed by atoms with Crippen molar-refractivity contribution in [2.75, 3.05) is 0 Å². The molecule has 146 valence electrons. The predicted molar refractivity (Wildman–Crippen MR) is 112 cm³/mol. The number of thioether (sulfide) groups is 1. The maximum atomic E-state index is 5.42. The van der Waals surface area contributed by atoms with E-state index in [9.17, 15) is 0 Å². The molecule has 0 bridgehead atoms. The van der Waals surface area contributed by atoms with E-state index in [4.69, 9.17) is 4.52 Å². The van der Waals surface area contributed by atoms with E-state index in [2.05, 4.69) is 51.0 Å². The largest absolute Gasteiger partial charge is 0.338 e. The second-order valence-corrected chi connectivity index (χ2v) is 7.24. The Morgan fingerprint density at radius 2 is 2.00 bits per heavy atom. The van der Waals surface area contributed by atoms with E-state index in [1.54, 1.807) is 12.4 Å². The standard InChI is InChI=1S/C21H20N6OS/c1-3-12-27-20(17-6-5-11-22-13-17)24-25-21(27)29-14-18-23-19(26-28-18)16-9-7-15(4-2)8-10-16/h3,5-11,13H,1,4,12,14H2,2H3. The summed E-state index contributed by atoms with van der Waals surface area (Å²) in [4.78, 5) is 8.67. The first-order chi connectivity index (χ1) is 14.3. The number of allylic oxidation sites excluding steroid dienone is 1. The predicted octanol–water partition coefficient (Wildman–Crippen LogP) is 4.43. The van der Waals surface area contributed by atoms with Crippen LogP contribution in [0.4, 0.5) is 0 Å². The first-order valence-corrected chi connectivity index (χ1v) is 10.3. The average Bonchev–Trinajstić information content (AvgIpc) is 3.40.